The molecule has 2 N–H and O–H groups in total. The van der Waals surface area contributed by atoms with E-state index >= 15 is 0 Å². The normalized spacial score (nSPS) is 16.8. The van der Waals surface area contributed by atoms with Gasteiger partial charge in [0, 0.05) is 6.54 Å². The number of aromatic nitrogens is 2. The van der Waals surface area contributed by atoms with E-state index in [2.05, 4.69) is 19.6 Å². The van der Waals surface area contributed by atoms with Crippen molar-refractivity contribution in [1.82, 2.24) is 19.6 Å². The van der Waals surface area contributed by atoms with Crippen molar-refractivity contribution in [2.24, 2.45) is 5.92 Å². The summed E-state index contributed by atoms with van der Waals surface area (Å²) in [6.07, 6.45) is 8.17. The molecule has 1 aromatic carbocycles. The van der Waals surface area contributed by atoms with Crippen LogP contribution in [0.15, 0.2) is 58.6 Å². The maximum atomic E-state index is 12.8. The number of hydrogen-bond acceptors (Lipinski definition) is 5. The fraction of sp³-hybridized carbons (Fsp3) is 0.360. The molecule has 0 bridgehead atoms. The Hall–Kier alpha value is -2.77. The molecule has 1 saturated heterocycles. The molecule has 32 heavy (non-hydrogen) atoms. The summed E-state index contributed by atoms with van der Waals surface area (Å²) in [5.74, 6) is 0.872. The number of hydrogen-bond donors (Lipinski definition) is 2. The Labute approximate surface area is 192 Å². The van der Waals surface area contributed by atoms with Crippen LogP contribution in [-0.2, 0) is 11.2 Å². The first kappa shape index (κ1) is 21.1. The summed E-state index contributed by atoms with van der Waals surface area (Å²) < 4.78 is 2.08. The lowest BCUT2D eigenvalue weighted by Crippen LogP contribution is -2.39. The van der Waals surface area contributed by atoms with Gasteiger partial charge in [-0.2, -0.15) is 0 Å². The third-order valence-corrected chi connectivity index (χ3v) is 7.42. The van der Waals surface area contributed by atoms with Crippen LogP contribution in [-0.4, -0.2) is 51.5 Å². The molecule has 7 heteroatoms. The number of carbonyl (C=O) groups excluding carboxylic acids is 1. The standard InChI is InChI=1S/C25H28N4O2S/c30-21-8-6-18(7-9-21)3-2-12-28-13-10-19(11-14-28)16-27-25(31)22-15-20-17-26-23-4-1-5-24(32-22)29(20)23/h1,4-9,15,17,19,30H,2-3,10-14,16H2,(H,27,31). The van der Waals surface area contributed by atoms with Crippen molar-refractivity contribution in [2.45, 2.75) is 30.7 Å². The Morgan fingerprint density at radius 3 is 2.78 bits per heavy atom. The Morgan fingerprint density at radius 2 is 1.97 bits per heavy atom. The summed E-state index contributed by atoms with van der Waals surface area (Å²) in [6, 6.07) is 13.5. The Bertz CT molecular complexity index is 1130. The van der Waals surface area contributed by atoms with E-state index < -0.39 is 0 Å². The number of pyridine rings is 1. The molecule has 0 unspecified atom stereocenters. The summed E-state index contributed by atoms with van der Waals surface area (Å²) >= 11 is 1.51. The third-order valence-electron chi connectivity index (χ3n) is 6.37. The smallest absolute Gasteiger partial charge is 0.258 e. The van der Waals surface area contributed by atoms with Gasteiger partial charge < -0.3 is 15.3 Å². The van der Waals surface area contributed by atoms with E-state index in [0.29, 0.717) is 11.7 Å². The van der Waals surface area contributed by atoms with Crippen LogP contribution in [0.3, 0.4) is 0 Å². The molecule has 2 aromatic heterocycles. The van der Waals surface area contributed by atoms with Crippen LogP contribution in [0.25, 0.3) is 11.7 Å². The summed E-state index contributed by atoms with van der Waals surface area (Å²) in [7, 11) is 0. The van der Waals surface area contributed by atoms with E-state index in [9.17, 15) is 9.90 Å². The number of rotatable bonds is 7. The second-order valence-electron chi connectivity index (χ2n) is 8.62. The lowest BCUT2D eigenvalue weighted by atomic mass is 9.96. The molecule has 3 aromatic rings. The largest absolute Gasteiger partial charge is 0.508 e. The van der Waals surface area contributed by atoms with Gasteiger partial charge in [-0.3, -0.25) is 9.20 Å². The molecule has 0 atom stereocenters. The number of carbonyl (C=O) groups is 1. The van der Waals surface area contributed by atoms with Crippen molar-refractivity contribution in [3.05, 3.63) is 64.8 Å². The minimum absolute atomic E-state index is 0.00998. The Morgan fingerprint density at radius 1 is 1.16 bits per heavy atom. The van der Waals surface area contributed by atoms with Gasteiger partial charge in [0.2, 0.25) is 0 Å². The number of nitrogens with zero attached hydrogens (tertiary/aromatic N) is 3. The highest BCUT2D eigenvalue weighted by atomic mass is 32.2. The van der Waals surface area contributed by atoms with Gasteiger partial charge >= 0.3 is 0 Å². The molecule has 6 nitrogen and oxygen atoms in total. The highest BCUT2D eigenvalue weighted by Crippen LogP contribution is 2.34. The minimum Gasteiger partial charge on any atom is -0.508 e. The molecule has 2 aliphatic heterocycles. The van der Waals surface area contributed by atoms with Gasteiger partial charge in [-0.05, 0) is 87.1 Å². The fourth-order valence-corrected chi connectivity index (χ4v) is 5.51. The first-order valence-corrected chi connectivity index (χ1v) is 12.1. The second-order valence-corrected chi connectivity index (χ2v) is 9.68. The number of imidazole rings is 1. The van der Waals surface area contributed by atoms with E-state index in [-0.39, 0.29) is 5.91 Å². The molecule has 5 rings (SSSR count). The zero-order chi connectivity index (χ0) is 21.9. The predicted octanol–water partition coefficient (Wildman–Crippen LogP) is 3.95. The molecule has 0 saturated carbocycles. The monoisotopic (exact) mass is 448 g/mol. The molecule has 1 fully saturated rings. The molecular weight excluding hydrogens is 420 g/mol. The van der Waals surface area contributed by atoms with E-state index in [1.54, 1.807) is 12.1 Å². The number of thioether (sulfide) groups is 1. The van der Waals surface area contributed by atoms with E-state index in [1.165, 1.54) is 17.3 Å². The van der Waals surface area contributed by atoms with Crippen LogP contribution >= 0.6 is 11.8 Å². The summed E-state index contributed by atoms with van der Waals surface area (Å²) in [5.41, 5.74) is 3.14. The molecule has 166 valence electrons. The topological polar surface area (TPSA) is 69.9 Å². The average Bonchev–Trinajstić information content (AvgIpc) is 3.24. The van der Waals surface area contributed by atoms with Gasteiger partial charge in [-0.15, -0.1) is 0 Å². The van der Waals surface area contributed by atoms with Gasteiger partial charge in [0.1, 0.15) is 11.4 Å². The van der Waals surface area contributed by atoms with Crippen LogP contribution < -0.4 is 5.32 Å². The summed E-state index contributed by atoms with van der Waals surface area (Å²) in [6.45, 7) is 4.02. The van der Waals surface area contributed by atoms with Gasteiger partial charge in [-0.1, -0.05) is 30.0 Å². The van der Waals surface area contributed by atoms with E-state index in [1.807, 2.05) is 42.6 Å². The number of likely N-dealkylation sites (tertiary alicyclic amines) is 1. The molecular formula is C25H28N4O2S. The lowest BCUT2D eigenvalue weighted by Gasteiger charge is -2.32. The van der Waals surface area contributed by atoms with Crippen molar-refractivity contribution >= 4 is 29.4 Å². The van der Waals surface area contributed by atoms with E-state index in [4.69, 9.17) is 0 Å². The van der Waals surface area contributed by atoms with Crippen LogP contribution in [0.5, 0.6) is 5.75 Å². The Kier molecular flexibility index (Phi) is 6.19. The zero-order valence-corrected chi connectivity index (χ0v) is 18.9. The highest BCUT2D eigenvalue weighted by Gasteiger charge is 2.23. The maximum absolute atomic E-state index is 12.8. The first-order valence-electron chi connectivity index (χ1n) is 11.3. The highest BCUT2D eigenvalue weighted by molar-refractivity contribution is 8.04. The number of phenols is 1. The van der Waals surface area contributed by atoms with Crippen molar-refractivity contribution in [3.63, 3.8) is 0 Å². The average molecular weight is 449 g/mol. The second kappa shape index (κ2) is 9.38. The maximum Gasteiger partial charge on any atom is 0.258 e. The van der Waals surface area contributed by atoms with Crippen molar-refractivity contribution in [1.29, 1.82) is 0 Å². The molecule has 4 heterocycles. The van der Waals surface area contributed by atoms with Gasteiger partial charge in [-0.25, -0.2) is 4.98 Å². The molecule has 0 aliphatic carbocycles. The predicted molar refractivity (Wildman–Crippen MR) is 128 cm³/mol. The number of aryl methyl sites for hydroxylation is 1. The zero-order valence-electron chi connectivity index (χ0n) is 18.0. The SMILES string of the molecule is O=C(NCC1CCN(CCCc2ccc(O)cc2)CC1)C1=Cc2cnc3cccc(n23)S1. The van der Waals surface area contributed by atoms with Crippen LogP contribution in [0.2, 0.25) is 0 Å². The van der Waals surface area contributed by atoms with Crippen molar-refractivity contribution in [2.75, 3.05) is 26.2 Å². The molecule has 0 spiro atoms. The van der Waals surface area contributed by atoms with Crippen molar-refractivity contribution < 1.29 is 9.90 Å². The minimum atomic E-state index is 0.00998. The molecule has 1 amide bonds. The lowest BCUT2D eigenvalue weighted by molar-refractivity contribution is -0.117. The first-order chi connectivity index (χ1) is 15.7. The van der Waals surface area contributed by atoms with Crippen LogP contribution in [0, 0.1) is 5.92 Å². The van der Waals surface area contributed by atoms with Crippen LogP contribution in [0.1, 0.15) is 30.5 Å². The fourth-order valence-electron chi connectivity index (χ4n) is 4.51. The summed E-state index contributed by atoms with van der Waals surface area (Å²) in [4.78, 5) is 20.5. The third kappa shape index (κ3) is 4.69. The van der Waals surface area contributed by atoms with Crippen LogP contribution in [0.4, 0.5) is 0 Å². The molecule has 2 aliphatic rings. The number of amides is 1. The van der Waals surface area contributed by atoms with Crippen molar-refractivity contribution in [3.8, 4) is 5.75 Å². The number of piperidine rings is 1. The Balaban J connectivity index is 1.05. The quantitative estimate of drug-likeness (QED) is 0.573. The molecule has 0 radical (unpaired) electrons. The number of phenolic OH excluding ortho intramolecular Hbond substituents is 1. The van der Waals surface area contributed by atoms with Gasteiger partial charge in [0.05, 0.1) is 21.8 Å². The summed E-state index contributed by atoms with van der Waals surface area (Å²) in [5, 5.41) is 13.6. The number of benzene rings is 1. The number of nitrogens with one attached hydrogen (secondary N) is 1. The van der Waals surface area contributed by atoms with Gasteiger partial charge in [0.25, 0.3) is 5.91 Å². The number of aromatic hydroxyl groups is 1. The van der Waals surface area contributed by atoms with E-state index in [0.717, 1.165) is 73.1 Å². The van der Waals surface area contributed by atoms with Gasteiger partial charge in [0.15, 0.2) is 0 Å².